The number of carbonyl (C=O) groups is 1. The van der Waals surface area contributed by atoms with Crippen molar-refractivity contribution in [2.45, 2.75) is 25.3 Å². The summed E-state index contributed by atoms with van der Waals surface area (Å²) in [5.74, 6) is -0.125. The maximum Gasteiger partial charge on any atom is 0.244 e. The molecule has 1 atom stereocenters. The molecule has 1 amide bonds. The molecule has 0 radical (unpaired) electrons. The van der Waals surface area contributed by atoms with E-state index in [0.29, 0.717) is 5.02 Å². The van der Waals surface area contributed by atoms with Gasteiger partial charge in [-0.15, -0.1) is 0 Å². The Kier molecular flexibility index (Phi) is 4.47. The van der Waals surface area contributed by atoms with Gasteiger partial charge in [-0.3, -0.25) is 9.48 Å². The highest BCUT2D eigenvalue weighted by Crippen LogP contribution is 2.29. The predicted octanol–water partition coefficient (Wildman–Crippen LogP) is 3.83. The second kappa shape index (κ2) is 6.92. The Morgan fingerprint density at radius 1 is 1.35 bits per heavy atom. The summed E-state index contributed by atoms with van der Waals surface area (Å²) in [5.41, 5.74) is 3.87. The van der Waals surface area contributed by atoms with Crippen LogP contribution in [0.1, 0.15) is 35.8 Å². The van der Waals surface area contributed by atoms with Crippen molar-refractivity contribution in [3.63, 3.8) is 0 Å². The van der Waals surface area contributed by atoms with Crippen molar-refractivity contribution in [1.29, 1.82) is 0 Å². The molecule has 1 unspecified atom stereocenters. The molecule has 0 aliphatic heterocycles. The number of aromatic nitrogens is 3. The molecule has 1 aromatic carbocycles. The number of halogens is 1. The van der Waals surface area contributed by atoms with Gasteiger partial charge in [-0.2, -0.15) is 5.10 Å². The molecule has 0 bridgehead atoms. The summed E-state index contributed by atoms with van der Waals surface area (Å²) in [6.07, 6.45) is 8.11. The van der Waals surface area contributed by atoms with Gasteiger partial charge < -0.3 is 5.32 Å². The van der Waals surface area contributed by atoms with Gasteiger partial charge in [-0.05, 0) is 43.5 Å². The number of pyridine rings is 1. The Balaban J connectivity index is 1.48. The molecular weight excluding hydrogens is 348 g/mol. The van der Waals surface area contributed by atoms with Gasteiger partial charge in [0.2, 0.25) is 5.91 Å². The molecular formula is C20H19ClN4O. The highest BCUT2D eigenvalue weighted by atomic mass is 35.5. The number of hydrogen-bond donors (Lipinski definition) is 1. The van der Waals surface area contributed by atoms with Crippen molar-refractivity contribution in [2.75, 3.05) is 0 Å². The lowest BCUT2D eigenvalue weighted by Crippen LogP contribution is -2.29. The van der Waals surface area contributed by atoms with Crippen molar-refractivity contribution in [3.05, 3.63) is 64.6 Å². The third kappa shape index (κ3) is 3.35. The Hall–Kier alpha value is -2.66. The Morgan fingerprint density at radius 3 is 3.08 bits per heavy atom. The van der Waals surface area contributed by atoms with Gasteiger partial charge in [0, 0.05) is 34.8 Å². The molecule has 5 nitrogen and oxygen atoms in total. The van der Waals surface area contributed by atoms with Crippen molar-refractivity contribution < 1.29 is 4.79 Å². The van der Waals surface area contributed by atoms with Crippen molar-refractivity contribution in [3.8, 4) is 0 Å². The zero-order valence-corrected chi connectivity index (χ0v) is 15.2. The van der Waals surface area contributed by atoms with E-state index in [-0.39, 0.29) is 11.9 Å². The molecule has 1 aliphatic carbocycles. The molecule has 0 fully saturated rings. The molecule has 0 saturated carbocycles. The molecule has 0 spiro atoms. The second-order valence-electron chi connectivity index (χ2n) is 6.53. The van der Waals surface area contributed by atoms with Crippen LogP contribution in [0.4, 0.5) is 0 Å². The fourth-order valence-electron chi connectivity index (χ4n) is 3.44. The normalized spacial score (nSPS) is 16.8. The third-order valence-electron chi connectivity index (χ3n) is 4.77. The monoisotopic (exact) mass is 366 g/mol. The topological polar surface area (TPSA) is 59.8 Å². The van der Waals surface area contributed by atoms with E-state index in [2.05, 4.69) is 15.4 Å². The smallest absolute Gasteiger partial charge is 0.244 e. The maximum atomic E-state index is 12.3. The minimum absolute atomic E-state index is 0.0213. The molecule has 3 aromatic rings. The van der Waals surface area contributed by atoms with Crippen LogP contribution < -0.4 is 5.32 Å². The van der Waals surface area contributed by atoms with Gasteiger partial charge in [-0.1, -0.05) is 23.7 Å². The van der Waals surface area contributed by atoms with Gasteiger partial charge in [-0.25, -0.2) is 4.98 Å². The quantitative estimate of drug-likeness (QED) is 0.717. The van der Waals surface area contributed by atoms with E-state index in [1.807, 2.05) is 48.3 Å². The average molecular weight is 367 g/mol. The minimum atomic E-state index is -0.125. The number of hydrogen-bond acceptors (Lipinski definition) is 3. The fraction of sp³-hybridized carbons (Fsp3) is 0.250. The molecule has 1 N–H and O–H groups in total. The summed E-state index contributed by atoms with van der Waals surface area (Å²) in [4.78, 5) is 16.9. The zero-order valence-electron chi connectivity index (χ0n) is 14.4. The number of benzene rings is 1. The van der Waals surface area contributed by atoms with E-state index in [4.69, 9.17) is 11.6 Å². The van der Waals surface area contributed by atoms with E-state index in [9.17, 15) is 4.79 Å². The highest BCUT2D eigenvalue weighted by molar-refractivity contribution is 6.31. The Labute approximate surface area is 156 Å². The molecule has 26 heavy (non-hydrogen) atoms. The van der Waals surface area contributed by atoms with Crippen molar-refractivity contribution in [1.82, 2.24) is 20.1 Å². The van der Waals surface area contributed by atoms with Crippen LogP contribution in [0.25, 0.3) is 17.0 Å². The number of aryl methyl sites for hydroxylation is 1. The van der Waals surface area contributed by atoms with Crippen molar-refractivity contribution in [2.24, 2.45) is 7.05 Å². The van der Waals surface area contributed by atoms with Crippen LogP contribution in [0.15, 0.2) is 42.6 Å². The van der Waals surface area contributed by atoms with E-state index >= 15 is 0 Å². The molecule has 2 heterocycles. The van der Waals surface area contributed by atoms with Crippen LogP contribution in [0.3, 0.4) is 0 Å². The first kappa shape index (κ1) is 16.8. The first-order valence-corrected chi connectivity index (χ1v) is 9.03. The van der Waals surface area contributed by atoms with Crippen LogP contribution in [0.5, 0.6) is 0 Å². The van der Waals surface area contributed by atoms with Gasteiger partial charge in [0.15, 0.2) is 0 Å². The number of nitrogens with one attached hydrogen (secondary N) is 1. The van der Waals surface area contributed by atoms with Crippen LogP contribution in [-0.2, 0) is 18.3 Å². The lowest BCUT2D eigenvalue weighted by molar-refractivity contribution is -0.117. The van der Waals surface area contributed by atoms with Gasteiger partial charge >= 0.3 is 0 Å². The number of amides is 1. The highest BCUT2D eigenvalue weighted by Gasteiger charge is 2.24. The molecule has 4 rings (SSSR count). The van der Waals surface area contributed by atoms with Crippen LogP contribution in [-0.4, -0.2) is 20.7 Å². The lowest BCUT2D eigenvalue weighted by Gasteiger charge is -2.23. The van der Waals surface area contributed by atoms with Gasteiger partial charge in [0.1, 0.15) is 0 Å². The van der Waals surface area contributed by atoms with E-state index in [0.717, 1.165) is 41.4 Å². The predicted molar refractivity (Wildman–Crippen MR) is 103 cm³/mol. The zero-order chi connectivity index (χ0) is 18.1. The van der Waals surface area contributed by atoms with E-state index in [1.54, 1.807) is 6.08 Å². The molecule has 2 aromatic heterocycles. The Morgan fingerprint density at radius 2 is 2.19 bits per heavy atom. The second-order valence-corrected chi connectivity index (χ2v) is 6.97. The molecule has 132 valence electrons. The standard InChI is InChI=1S/C20H19ClN4O/c1-25-19-4-2-3-17(16(19)12-22-25)24-20(26)10-9-15-8-6-13-5-7-14(21)11-18(13)23-15/h5-12,17H,2-4H2,1H3,(H,24,26)/b10-9+. The fourth-order valence-corrected chi connectivity index (χ4v) is 3.60. The third-order valence-corrected chi connectivity index (χ3v) is 5.01. The van der Waals surface area contributed by atoms with E-state index in [1.165, 1.54) is 11.8 Å². The summed E-state index contributed by atoms with van der Waals surface area (Å²) in [6.45, 7) is 0. The number of carbonyl (C=O) groups excluding carboxylic acids is 1. The largest absolute Gasteiger partial charge is 0.346 e. The van der Waals surface area contributed by atoms with Gasteiger partial charge in [0.25, 0.3) is 0 Å². The average Bonchev–Trinajstić information content (AvgIpc) is 3.02. The van der Waals surface area contributed by atoms with E-state index < -0.39 is 0 Å². The first-order valence-electron chi connectivity index (χ1n) is 8.66. The van der Waals surface area contributed by atoms with Crippen LogP contribution >= 0.6 is 11.6 Å². The number of fused-ring (bicyclic) bond motifs is 2. The first-order chi connectivity index (χ1) is 12.6. The summed E-state index contributed by atoms with van der Waals surface area (Å²) >= 11 is 6.02. The number of rotatable bonds is 3. The van der Waals surface area contributed by atoms with Crippen molar-refractivity contribution >= 4 is 34.5 Å². The minimum Gasteiger partial charge on any atom is -0.346 e. The van der Waals surface area contributed by atoms with Crippen LogP contribution in [0.2, 0.25) is 5.02 Å². The molecule has 6 heteroatoms. The summed E-state index contributed by atoms with van der Waals surface area (Å²) < 4.78 is 1.90. The molecule has 0 saturated heterocycles. The lowest BCUT2D eigenvalue weighted by atomic mass is 9.93. The SMILES string of the molecule is Cn1ncc2c1CCCC2NC(=O)/C=C/c1ccc2ccc(Cl)cc2n1. The molecule has 1 aliphatic rings. The summed E-state index contributed by atoms with van der Waals surface area (Å²) in [6, 6.07) is 9.47. The number of nitrogens with zero attached hydrogens (tertiary/aromatic N) is 3. The summed E-state index contributed by atoms with van der Waals surface area (Å²) in [7, 11) is 1.95. The van der Waals surface area contributed by atoms with Crippen LogP contribution in [0, 0.1) is 0 Å². The Bertz CT molecular complexity index is 1010. The maximum absolute atomic E-state index is 12.3. The summed E-state index contributed by atoms with van der Waals surface area (Å²) in [5, 5.41) is 9.05. The van der Waals surface area contributed by atoms with Gasteiger partial charge in [0.05, 0.1) is 23.4 Å².